The third-order valence-corrected chi connectivity index (χ3v) is 0.709. The van der Waals surface area contributed by atoms with Gasteiger partial charge in [0, 0.05) is 6.21 Å². The van der Waals surface area contributed by atoms with E-state index >= 15 is 0 Å². The quantitative estimate of drug-likeness (QED) is 0.304. The first-order chi connectivity index (χ1) is 3.81. The molecular formula is C6H11NO. The molecule has 0 spiro atoms. The maximum absolute atomic E-state index is 4.77. The molecule has 0 unspecified atom stereocenters. The largest absolute Gasteiger partial charge is 0.362 e. The third kappa shape index (κ3) is 3.40. The second-order valence-corrected chi connectivity index (χ2v) is 1.35. The summed E-state index contributed by atoms with van der Waals surface area (Å²) in [5.74, 6) is 0.822. The highest BCUT2D eigenvalue weighted by Crippen LogP contribution is 1.92. The Balaban J connectivity index is 3.40. The van der Waals surface area contributed by atoms with Gasteiger partial charge in [0.15, 0.2) is 0 Å². The molecule has 0 aliphatic heterocycles. The van der Waals surface area contributed by atoms with E-state index in [-0.39, 0.29) is 0 Å². The summed E-state index contributed by atoms with van der Waals surface area (Å²) in [6.07, 6.45) is 3.46. The number of nitrogens with zero attached hydrogens (tertiary/aromatic N) is 1. The van der Waals surface area contributed by atoms with Crippen molar-refractivity contribution in [3.8, 4) is 0 Å². The maximum Gasteiger partial charge on any atom is 0.127 e. The Hall–Kier alpha value is -0.790. The van der Waals surface area contributed by atoms with E-state index in [9.17, 15) is 0 Å². The molecule has 0 saturated carbocycles. The fourth-order valence-electron chi connectivity index (χ4n) is 0.189. The minimum absolute atomic E-state index is 0.822. The van der Waals surface area contributed by atoms with Crippen LogP contribution in [0.3, 0.4) is 0 Å². The smallest absolute Gasteiger partial charge is 0.127 e. The lowest BCUT2D eigenvalue weighted by Crippen LogP contribution is -1.75. The van der Waals surface area contributed by atoms with Crippen molar-refractivity contribution in [2.45, 2.75) is 20.8 Å². The van der Waals surface area contributed by atoms with Gasteiger partial charge in [0.05, 0.1) is 0 Å². The number of hydrogen-bond acceptors (Lipinski definition) is 2. The topological polar surface area (TPSA) is 21.6 Å². The van der Waals surface area contributed by atoms with Crippen LogP contribution in [0.15, 0.2) is 17.0 Å². The second-order valence-electron chi connectivity index (χ2n) is 1.35. The highest BCUT2D eigenvalue weighted by Gasteiger charge is 1.78. The second kappa shape index (κ2) is 4.37. The van der Waals surface area contributed by atoms with Crippen LogP contribution >= 0.6 is 0 Å². The molecule has 0 aliphatic carbocycles. The van der Waals surface area contributed by atoms with Crippen LogP contribution in [-0.4, -0.2) is 6.21 Å². The van der Waals surface area contributed by atoms with Gasteiger partial charge in [0.25, 0.3) is 0 Å². The molecule has 8 heavy (non-hydrogen) atoms. The van der Waals surface area contributed by atoms with Crippen LogP contribution in [0.1, 0.15) is 20.8 Å². The lowest BCUT2D eigenvalue weighted by atomic mass is 10.5. The van der Waals surface area contributed by atoms with Crippen molar-refractivity contribution in [3.63, 3.8) is 0 Å². The normalized spacial score (nSPS) is 12.6. The molecule has 46 valence electrons. The van der Waals surface area contributed by atoms with E-state index in [0.717, 1.165) is 5.76 Å². The molecule has 0 bridgehead atoms. The summed E-state index contributed by atoms with van der Waals surface area (Å²) in [6.45, 7) is 5.57. The van der Waals surface area contributed by atoms with Gasteiger partial charge in [0.1, 0.15) is 5.76 Å². The van der Waals surface area contributed by atoms with E-state index in [1.807, 2.05) is 26.8 Å². The number of hydrogen-bond donors (Lipinski definition) is 0. The molecule has 0 aromatic rings. The van der Waals surface area contributed by atoms with Crippen molar-refractivity contribution >= 4 is 6.21 Å². The fourth-order valence-corrected chi connectivity index (χ4v) is 0.189. The molecule has 0 N–H and O–H groups in total. The third-order valence-electron chi connectivity index (χ3n) is 0.709. The van der Waals surface area contributed by atoms with Crippen molar-refractivity contribution in [1.82, 2.24) is 0 Å². The first-order valence-electron chi connectivity index (χ1n) is 2.59. The maximum atomic E-state index is 4.77. The van der Waals surface area contributed by atoms with Gasteiger partial charge < -0.3 is 4.84 Å². The molecule has 0 radical (unpaired) electrons. The van der Waals surface area contributed by atoms with Gasteiger partial charge >= 0.3 is 0 Å². The van der Waals surface area contributed by atoms with Gasteiger partial charge in [-0.15, -0.1) is 0 Å². The summed E-state index contributed by atoms with van der Waals surface area (Å²) in [4.78, 5) is 4.77. The Morgan fingerprint density at radius 3 is 2.50 bits per heavy atom. The monoisotopic (exact) mass is 113 g/mol. The standard InChI is InChI=1S/C6H11NO/c1-4-6(3)8-7-5-2/h4-5H,1-3H3. The van der Waals surface area contributed by atoms with E-state index < -0.39 is 0 Å². The van der Waals surface area contributed by atoms with Gasteiger partial charge in [-0.3, -0.25) is 0 Å². The van der Waals surface area contributed by atoms with Gasteiger partial charge in [-0.05, 0) is 26.8 Å². The first-order valence-corrected chi connectivity index (χ1v) is 2.59. The Kier molecular flexibility index (Phi) is 3.94. The first kappa shape index (κ1) is 7.21. The zero-order chi connectivity index (χ0) is 6.41. The summed E-state index contributed by atoms with van der Waals surface area (Å²) < 4.78 is 0. The summed E-state index contributed by atoms with van der Waals surface area (Å²) >= 11 is 0. The van der Waals surface area contributed by atoms with Gasteiger partial charge in [-0.1, -0.05) is 5.16 Å². The van der Waals surface area contributed by atoms with Crippen molar-refractivity contribution in [2.75, 3.05) is 0 Å². The van der Waals surface area contributed by atoms with Crippen LogP contribution in [0.25, 0.3) is 0 Å². The lowest BCUT2D eigenvalue weighted by Gasteiger charge is -1.91. The van der Waals surface area contributed by atoms with Crippen LogP contribution < -0.4 is 0 Å². The van der Waals surface area contributed by atoms with E-state index in [2.05, 4.69) is 5.16 Å². The van der Waals surface area contributed by atoms with E-state index in [0.29, 0.717) is 0 Å². The molecule has 0 fully saturated rings. The molecule has 0 saturated heterocycles. The molecule has 0 aromatic carbocycles. The van der Waals surface area contributed by atoms with Crippen LogP contribution in [0.2, 0.25) is 0 Å². The van der Waals surface area contributed by atoms with Crippen LogP contribution in [0.5, 0.6) is 0 Å². The molecule has 0 aliphatic rings. The fraction of sp³-hybridized carbons (Fsp3) is 0.500. The highest BCUT2D eigenvalue weighted by molar-refractivity contribution is 5.52. The Morgan fingerprint density at radius 1 is 1.50 bits per heavy atom. The predicted molar refractivity (Wildman–Crippen MR) is 34.7 cm³/mol. The Morgan fingerprint density at radius 2 is 2.12 bits per heavy atom. The Bertz CT molecular complexity index is 105. The molecule has 0 amide bonds. The van der Waals surface area contributed by atoms with Gasteiger partial charge in [-0.25, -0.2) is 0 Å². The van der Waals surface area contributed by atoms with E-state index in [1.54, 1.807) is 6.21 Å². The molecular weight excluding hydrogens is 102 g/mol. The summed E-state index contributed by atoms with van der Waals surface area (Å²) in [7, 11) is 0. The number of rotatable bonds is 2. The van der Waals surface area contributed by atoms with Crippen molar-refractivity contribution in [2.24, 2.45) is 5.16 Å². The molecule has 0 rings (SSSR count). The van der Waals surface area contributed by atoms with Crippen LogP contribution in [-0.2, 0) is 4.84 Å². The molecule has 0 atom stereocenters. The van der Waals surface area contributed by atoms with Crippen molar-refractivity contribution < 1.29 is 4.84 Å². The SMILES string of the molecule is CC=NOC(C)=CC. The minimum Gasteiger partial charge on any atom is -0.362 e. The van der Waals surface area contributed by atoms with Crippen molar-refractivity contribution in [1.29, 1.82) is 0 Å². The zero-order valence-electron chi connectivity index (χ0n) is 5.51. The molecule has 2 heteroatoms. The average Bonchev–Trinajstić information content (AvgIpc) is 1.83. The summed E-state index contributed by atoms with van der Waals surface area (Å²) in [5.41, 5.74) is 0. The van der Waals surface area contributed by atoms with Crippen LogP contribution in [0.4, 0.5) is 0 Å². The van der Waals surface area contributed by atoms with Gasteiger partial charge in [-0.2, -0.15) is 0 Å². The molecule has 0 aromatic heterocycles. The minimum atomic E-state index is 0.822. The zero-order valence-corrected chi connectivity index (χ0v) is 5.51. The van der Waals surface area contributed by atoms with Gasteiger partial charge in [0.2, 0.25) is 0 Å². The lowest BCUT2D eigenvalue weighted by molar-refractivity contribution is 0.230. The van der Waals surface area contributed by atoms with Crippen molar-refractivity contribution in [3.05, 3.63) is 11.8 Å². The van der Waals surface area contributed by atoms with Crippen LogP contribution in [0, 0.1) is 0 Å². The molecule has 2 nitrogen and oxygen atoms in total. The number of oxime groups is 1. The average molecular weight is 113 g/mol. The van der Waals surface area contributed by atoms with E-state index in [4.69, 9.17) is 4.84 Å². The summed E-state index contributed by atoms with van der Waals surface area (Å²) in [5, 5.41) is 3.55. The predicted octanol–water partition coefficient (Wildman–Crippen LogP) is 1.93. The number of allylic oxidation sites excluding steroid dienone is 2. The Labute approximate surface area is 49.8 Å². The van der Waals surface area contributed by atoms with E-state index in [1.165, 1.54) is 0 Å². The highest BCUT2D eigenvalue weighted by atomic mass is 16.6. The summed E-state index contributed by atoms with van der Waals surface area (Å²) in [6, 6.07) is 0. The molecule has 0 heterocycles.